The fourth-order valence-corrected chi connectivity index (χ4v) is 2.50. The van der Waals surface area contributed by atoms with Gasteiger partial charge in [-0.2, -0.15) is 0 Å². The number of rotatable bonds is 5. The molecule has 0 fully saturated rings. The van der Waals surface area contributed by atoms with E-state index >= 15 is 0 Å². The summed E-state index contributed by atoms with van der Waals surface area (Å²) < 4.78 is 0. The van der Waals surface area contributed by atoms with Crippen LogP contribution in [0.3, 0.4) is 0 Å². The standard InChI is InChI=1S/C19H25N/c1-5-19(2,3)17-13-11-16(12-14-17)18(20-4)15-9-7-6-8-10-15/h6-14,18,20H,5H2,1-4H3. The van der Waals surface area contributed by atoms with Crippen molar-refractivity contribution in [2.75, 3.05) is 7.05 Å². The highest BCUT2D eigenvalue weighted by Crippen LogP contribution is 2.29. The molecule has 0 spiro atoms. The van der Waals surface area contributed by atoms with E-state index in [1.807, 2.05) is 7.05 Å². The van der Waals surface area contributed by atoms with E-state index < -0.39 is 0 Å². The van der Waals surface area contributed by atoms with E-state index in [0.29, 0.717) is 0 Å². The maximum atomic E-state index is 3.41. The van der Waals surface area contributed by atoms with Crippen LogP contribution in [-0.4, -0.2) is 7.05 Å². The lowest BCUT2D eigenvalue weighted by atomic mass is 9.81. The van der Waals surface area contributed by atoms with Crippen LogP contribution in [0.1, 0.15) is 49.9 Å². The minimum atomic E-state index is 0.250. The van der Waals surface area contributed by atoms with E-state index in [1.165, 1.54) is 16.7 Å². The summed E-state index contributed by atoms with van der Waals surface area (Å²) in [5, 5.41) is 3.41. The molecule has 0 amide bonds. The Balaban J connectivity index is 2.29. The molecule has 1 N–H and O–H groups in total. The van der Waals surface area contributed by atoms with Gasteiger partial charge in [-0.25, -0.2) is 0 Å². The first-order valence-electron chi connectivity index (χ1n) is 7.41. The third-order valence-corrected chi connectivity index (χ3v) is 4.33. The summed E-state index contributed by atoms with van der Waals surface area (Å²) in [6.45, 7) is 6.85. The van der Waals surface area contributed by atoms with Crippen molar-refractivity contribution in [3.63, 3.8) is 0 Å². The molecule has 106 valence electrons. The lowest BCUT2D eigenvalue weighted by Gasteiger charge is -2.24. The molecule has 0 saturated heterocycles. The zero-order chi connectivity index (χ0) is 14.6. The van der Waals surface area contributed by atoms with Crippen LogP contribution in [-0.2, 0) is 5.41 Å². The monoisotopic (exact) mass is 267 g/mol. The molecule has 0 aliphatic rings. The number of hydrogen-bond acceptors (Lipinski definition) is 1. The highest BCUT2D eigenvalue weighted by Gasteiger charge is 2.18. The second-order valence-corrected chi connectivity index (χ2v) is 5.99. The third-order valence-electron chi connectivity index (χ3n) is 4.33. The van der Waals surface area contributed by atoms with Crippen molar-refractivity contribution in [3.05, 3.63) is 71.3 Å². The Morgan fingerprint density at radius 1 is 0.900 bits per heavy atom. The first-order chi connectivity index (χ1) is 9.58. The molecule has 1 nitrogen and oxygen atoms in total. The van der Waals surface area contributed by atoms with Gasteiger partial charge < -0.3 is 5.32 Å². The summed E-state index contributed by atoms with van der Waals surface area (Å²) in [5.74, 6) is 0. The van der Waals surface area contributed by atoms with Gasteiger partial charge in [-0.15, -0.1) is 0 Å². The quantitative estimate of drug-likeness (QED) is 0.829. The van der Waals surface area contributed by atoms with Crippen molar-refractivity contribution < 1.29 is 0 Å². The van der Waals surface area contributed by atoms with Gasteiger partial charge in [0.25, 0.3) is 0 Å². The van der Waals surface area contributed by atoms with Crippen LogP contribution >= 0.6 is 0 Å². The van der Waals surface area contributed by atoms with Crippen LogP contribution < -0.4 is 5.32 Å². The van der Waals surface area contributed by atoms with E-state index in [0.717, 1.165) is 6.42 Å². The topological polar surface area (TPSA) is 12.0 Å². The Labute approximate surface area is 123 Å². The Morgan fingerprint density at radius 2 is 1.45 bits per heavy atom. The minimum absolute atomic E-state index is 0.250. The van der Waals surface area contributed by atoms with E-state index in [2.05, 4.69) is 80.7 Å². The maximum Gasteiger partial charge on any atom is 0.0574 e. The smallest absolute Gasteiger partial charge is 0.0574 e. The van der Waals surface area contributed by atoms with Gasteiger partial charge in [0.2, 0.25) is 0 Å². The molecule has 1 atom stereocenters. The maximum absolute atomic E-state index is 3.41. The number of hydrogen-bond donors (Lipinski definition) is 1. The minimum Gasteiger partial charge on any atom is -0.309 e. The molecule has 0 aliphatic heterocycles. The van der Waals surface area contributed by atoms with Crippen LogP contribution in [0.2, 0.25) is 0 Å². The van der Waals surface area contributed by atoms with Crippen molar-refractivity contribution in [2.24, 2.45) is 0 Å². The first kappa shape index (κ1) is 14.8. The molecular weight excluding hydrogens is 242 g/mol. The van der Waals surface area contributed by atoms with Crippen molar-refractivity contribution in [1.29, 1.82) is 0 Å². The van der Waals surface area contributed by atoms with E-state index in [4.69, 9.17) is 0 Å². The Morgan fingerprint density at radius 3 is 1.95 bits per heavy atom. The van der Waals surface area contributed by atoms with Gasteiger partial charge in [-0.1, -0.05) is 75.4 Å². The van der Waals surface area contributed by atoms with E-state index in [-0.39, 0.29) is 11.5 Å². The average molecular weight is 267 g/mol. The zero-order valence-corrected chi connectivity index (χ0v) is 13.0. The highest BCUT2D eigenvalue weighted by atomic mass is 14.9. The fourth-order valence-electron chi connectivity index (χ4n) is 2.50. The van der Waals surface area contributed by atoms with Gasteiger partial charge in [0.1, 0.15) is 0 Å². The summed E-state index contributed by atoms with van der Waals surface area (Å²) in [6.07, 6.45) is 1.15. The van der Waals surface area contributed by atoms with Crippen LogP contribution in [0.4, 0.5) is 0 Å². The molecule has 1 unspecified atom stereocenters. The fraction of sp³-hybridized carbons (Fsp3) is 0.368. The molecule has 20 heavy (non-hydrogen) atoms. The van der Waals surface area contributed by atoms with Crippen molar-refractivity contribution in [1.82, 2.24) is 5.32 Å². The molecule has 2 aromatic rings. The normalized spacial score (nSPS) is 13.2. The van der Waals surface area contributed by atoms with Gasteiger partial charge in [-0.05, 0) is 35.6 Å². The molecular formula is C19H25N. The van der Waals surface area contributed by atoms with E-state index in [1.54, 1.807) is 0 Å². The Kier molecular flexibility index (Phi) is 4.61. The van der Waals surface area contributed by atoms with Gasteiger partial charge in [0, 0.05) is 0 Å². The molecule has 0 radical (unpaired) electrons. The molecule has 0 aliphatic carbocycles. The second-order valence-electron chi connectivity index (χ2n) is 5.99. The summed E-state index contributed by atoms with van der Waals surface area (Å²) >= 11 is 0. The molecule has 2 rings (SSSR count). The molecule has 2 aromatic carbocycles. The summed E-state index contributed by atoms with van der Waals surface area (Å²) in [5.41, 5.74) is 4.28. The van der Waals surface area contributed by atoms with Crippen LogP contribution in [0.15, 0.2) is 54.6 Å². The average Bonchev–Trinajstić information content (AvgIpc) is 2.50. The van der Waals surface area contributed by atoms with Gasteiger partial charge in [-0.3, -0.25) is 0 Å². The van der Waals surface area contributed by atoms with Crippen molar-refractivity contribution >= 4 is 0 Å². The predicted octanol–water partition coefficient (Wildman–Crippen LogP) is 4.68. The molecule has 1 heteroatoms. The highest BCUT2D eigenvalue weighted by molar-refractivity contribution is 5.35. The van der Waals surface area contributed by atoms with Crippen molar-refractivity contribution in [3.8, 4) is 0 Å². The second kappa shape index (κ2) is 6.23. The SMILES string of the molecule is CCC(C)(C)c1ccc(C(NC)c2ccccc2)cc1. The zero-order valence-electron chi connectivity index (χ0n) is 13.0. The number of nitrogens with one attached hydrogen (secondary N) is 1. The van der Waals surface area contributed by atoms with Gasteiger partial charge in [0.05, 0.1) is 6.04 Å². The van der Waals surface area contributed by atoms with Crippen LogP contribution in [0.25, 0.3) is 0 Å². The molecule has 0 saturated carbocycles. The van der Waals surface area contributed by atoms with Crippen LogP contribution in [0.5, 0.6) is 0 Å². The van der Waals surface area contributed by atoms with E-state index in [9.17, 15) is 0 Å². The summed E-state index contributed by atoms with van der Waals surface area (Å²) in [4.78, 5) is 0. The third kappa shape index (κ3) is 3.10. The van der Waals surface area contributed by atoms with Gasteiger partial charge in [0.15, 0.2) is 0 Å². The van der Waals surface area contributed by atoms with Crippen molar-refractivity contribution in [2.45, 2.75) is 38.6 Å². The van der Waals surface area contributed by atoms with Crippen LogP contribution in [0, 0.1) is 0 Å². The molecule has 0 heterocycles. The van der Waals surface area contributed by atoms with Gasteiger partial charge >= 0.3 is 0 Å². The summed E-state index contributed by atoms with van der Waals surface area (Å²) in [6, 6.07) is 19.9. The molecule has 0 bridgehead atoms. The Bertz CT molecular complexity index is 525. The molecule has 0 aromatic heterocycles. The first-order valence-corrected chi connectivity index (χ1v) is 7.41. The lowest BCUT2D eigenvalue weighted by molar-refractivity contribution is 0.506. The largest absolute Gasteiger partial charge is 0.309 e. The Hall–Kier alpha value is -1.60. The predicted molar refractivity (Wildman–Crippen MR) is 87.1 cm³/mol. The summed E-state index contributed by atoms with van der Waals surface area (Å²) in [7, 11) is 2.02. The number of benzene rings is 2. The lowest BCUT2D eigenvalue weighted by Crippen LogP contribution is -2.19.